The van der Waals surface area contributed by atoms with Gasteiger partial charge >= 0.3 is 0 Å². The minimum atomic E-state index is 0.615. The molecule has 0 saturated carbocycles. The van der Waals surface area contributed by atoms with Crippen molar-refractivity contribution in [2.45, 2.75) is 31.9 Å². The van der Waals surface area contributed by atoms with Gasteiger partial charge in [0.25, 0.3) is 0 Å². The molecule has 92 valence electrons. The zero-order chi connectivity index (χ0) is 12.4. The standard InChI is InChI=1S/C14H16Cl2S/c1-3-10-8-17-9(2)13(10)6-11-4-5-12(15)7-14(11)16/h4-5,7-9,13H,3,6H2,1-2H3. The van der Waals surface area contributed by atoms with Crippen molar-refractivity contribution >= 4 is 35.0 Å². The van der Waals surface area contributed by atoms with Crippen molar-refractivity contribution in [3.8, 4) is 0 Å². The van der Waals surface area contributed by atoms with E-state index in [9.17, 15) is 0 Å². The van der Waals surface area contributed by atoms with E-state index in [0.29, 0.717) is 16.2 Å². The van der Waals surface area contributed by atoms with Crippen LogP contribution in [0.25, 0.3) is 0 Å². The lowest BCUT2D eigenvalue weighted by atomic mass is 9.89. The van der Waals surface area contributed by atoms with Gasteiger partial charge < -0.3 is 0 Å². The van der Waals surface area contributed by atoms with Crippen molar-refractivity contribution in [2.24, 2.45) is 5.92 Å². The second-order valence-corrected chi connectivity index (χ2v) is 6.53. The van der Waals surface area contributed by atoms with Gasteiger partial charge in [-0.1, -0.05) is 48.7 Å². The Bertz CT molecular complexity index is 440. The van der Waals surface area contributed by atoms with Crippen LogP contribution in [0.5, 0.6) is 0 Å². The fourth-order valence-electron chi connectivity index (χ4n) is 2.25. The molecule has 0 fully saturated rings. The molecule has 3 heteroatoms. The average molecular weight is 287 g/mol. The van der Waals surface area contributed by atoms with Gasteiger partial charge in [0.1, 0.15) is 0 Å². The quantitative estimate of drug-likeness (QED) is 0.699. The van der Waals surface area contributed by atoms with Crippen LogP contribution < -0.4 is 0 Å². The van der Waals surface area contributed by atoms with E-state index in [4.69, 9.17) is 23.2 Å². The van der Waals surface area contributed by atoms with Crippen molar-refractivity contribution in [1.29, 1.82) is 0 Å². The maximum atomic E-state index is 6.24. The highest BCUT2D eigenvalue weighted by molar-refractivity contribution is 8.03. The molecule has 1 aromatic carbocycles. The molecule has 0 aliphatic carbocycles. The van der Waals surface area contributed by atoms with E-state index in [1.807, 2.05) is 30.0 Å². The molecular formula is C14H16Cl2S. The summed E-state index contributed by atoms with van der Waals surface area (Å²) in [6.07, 6.45) is 2.15. The van der Waals surface area contributed by atoms with Gasteiger partial charge in [-0.2, -0.15) is 0 Å². The Morgan fingerprint density at radius 2 is 2.06 bits per heavy atom. The summed E-state index contributed by atoms with van der Waals surface area (Å²) in [5.41, 5.74) is 2.75. The lowest BCUT2D eigenvalue weighted by Gasteiger charge is -2.19. The Hall–Kier alpha value is -0.110. The Kier molecular flexibility index (Phi) is 4.46. The number of thioether (sulfide) groups is 1. The van der Waals surface area contributed by atoms with Crippen LogP contribution in [0.2, 0.25) is 10.0 Å². The van der Waals surface area contributed by atoms with Crippen LogP contribution in [0.3, 0.4) is 0 Å². The molecule has 2 atom stereocenters. The van der Waals surface area contributed by atoms with Gasteiger partial charge in [-0.3, -0.25) is 0 Å². The molecule has 17 heavy (non-hydrogen) atoms. The maximum Gasteiger partial charge on any atom is 0.0453 e. The van der Waals surface area contributed by atoms with Crippen molar-refractivity contribution in [2.75, 3.05) is 0 Å². The molecule has 1 aliphatic heterocycles. The number of hydrogen-bond acceptors (Lipinski definition) is 1. The summed E-state index contributed by atoms with van der Waals surface area (Å²) in [6.45, 7) is 4.51. The summed E-state index contributed by atoms with van der Waals surface area (Å²) in [4.78, 5) is 0. The van der Waals surface area contributed by atoms with Gasteiger partial charge in [-0.05, 0) is 41.9 Å². The SMILES string of the molecule is CCC1=CSC(C)C1Cc1ccc(Cl)cc1Cl. The monoisotopic (exact) mass is 286 g/mol. The molecule has 0 spiro atoms. The topological polar surface area (TPSA) is 0 Å². The highest BCUT2D eigenvalue weighted by Crippen LogP contribution is 2.40. The first-order valence-corrected chi connectivity index (χ1v) is 7.60. The third kappa shape index (κ3) is 3.01. The van der Waals surface area contributed by atoms with Gasteiger partial charge in [-0.25, -0.2) is 0 Å². The van der Waals surface area contributed by atoms with Crippen LogP contribution in [0.15, 0.2) is 29.2 Å². The van der Waals surface area contributed by atoms with E-state index >= 15 is 0 Å². The summed E-state index contributed by atoms with van der Waals surface area (Å²) in [5.74, 6) is 0.615. The molecule has 0 N–H and O–H groups in total. The van der Waals surface area contributed by atoms with Crippen molar-refractivity contribution in [3.63, 3.8) is 0 Å². The maximum absolute atomic E-state index is 6.24. The molecule has 0 bridgehead atoms. The number of halogens is 2. The normalized spacial score (nSPS) is 23.9. The molecule has 0 aromatic heterocycles. The van der Waals surface area contributed by atoms with E-state index in [2.05, 4.69) is 19.3 Å². The lowest BCUT2D eigenvalue weighted by Crippen LogP contribution is -2.14. The summed E-state index contributed by atoms with van der Waals surface area (Å²) in [6, 6.07) is 5.80. The number of hydrogen-bond donors (Lipinski definition) is 0. The van der Waals surface area contributed by atoms with E-state index in [0.717, 1.165) is 17.9 Å². The van der Waals surface area contributed by atoms with Gasteiger partial charge in [0.05, 0.1) is 0 Å². The van der Waals surface area contributed by atoms with Crippen molar-refractivity contribution in [3.05, 3.63) is 44.8 Å². The Labute approximate surface area is 117 Å². The highest BCUT2D eigenvalue weighted by atomic mass is 35.5. The summed E-state index contributed by atoms with van der Waals surface area (Å²) in [5, 5.41) is 4.46. The average Bonchev–Trinajstić information content (AvgIpc) is 2.64. The van der Waals surface area contributed by atoms with Gasteiger partial charge in [-0.15, -0.1) is 11.8 Å². The van der Waals surface area contributed by atoms with Crippen LogP contribution in [0, 0.1) is 5.92 Å². The predicted molar refractivity (Wildman–Crippen MR) is 79.1 cm³/mol. The Morgan fingerprint density at radius 1 is 1.29 bits per heavy atom. The summed E-state index contributed by atoms with van der Waals surface area (Å²) >= 11 is 14.1. The van der Waals surface area contributed by atoms with Crippen LogP contribution in [0.4, 0.5) is 0 Å². The molecule has 1 aliphatic rings. The van der Waals surface area contributed by atoms with E-state index < -0.39 is 0 Å². The second-order valence-electron chi connectivity index (χ2n) is 4.43. The first kappa shape index (κ1) is 13.3. The predicted octanol–water partition coefficient (Wildman–Crippen LogP) is 5.58. The highest BCUT2D eigenvalue weighted by Gasteiger charge is 2.26. The zero-order valence-corrected chi connectivity index (χ0v) is 12.4. The minimum Gasteiger partial charge on any atom is -0.130 e. The van der Waals surface area contributed by atoms with Crippen LogP contribution in [-0.4, -0.2) is 5.25 Å². The molecule has 0 radical (unpaired) electrons. The molecule has 0 nitrogen and oxygen atoms in total. The summed E-state index contributed by atoms with van der Waals surface area (Å²) < 4.78 is 0. The molecule has 2 rings (SSSR count). The Balaban J connectivity index is 2.17. The second kappa shape index (κ2) is 5.69. The number of allylic oxidation sites excluding steroid dienone is 1. The summed E-state index contributed by atoms with van der Waals surface area (Å²) in [7, 11) is 0. The molecule has 2 unspecified atom stereocenters. The van der Waals surface area contributed by atoms with E-state index in [1.54, 1.807) is 5.57 Å². The fraction of sp³-hybridized carbons (Fsp3) is 0.429. The van der Waals surface area contributed by atoms with Crippen molar-refractivity contribution in [1.82, 2.24) is 0 Å². The van der Waals surface area contributed by atoms with Gasteiger partial charge in [0.15, 0.2) is 0 Å². The van der Waals surface area contributed by atoms with Gasteiger partial charge in [0.2, 0.25) is 0 Å². The molecular weight excluding hydrogens is 271 g/mol. The molecule has 1 heterocycles. The van der Waals surface area contributed by atoms with Crippen LogP contribution >= 0.6 is 35.0 Å². The lowest BCUT2D eigenvalue weighted by molar-refractivity contribution is 0.597. The van der Waals surface area contributed by atoms with Crippen LogP contribution in [0.1, 0.15) is 25.8 Å². The largest absolute Gasteiger partial charge is 0.130 e. The molecule has 0 saturated heterocycles. The molecule has 0 amide bonds. The molecule has 1 aromatic rings. The Morgan fingerprint density at radius 3 is 2.71 bits per heavy atom. The fourth-order valence-corrected chi connectivity index (χ4v) is 3.92. The van der Waals surface area contributed by atoms with Crippen molar-refractivity contribution < 1.29 is 0 Å². The first-order valence-electron chi connectivity index (χ1n) is 5.90. The minimum absolute atomic E-state index is 0.615. The van der Waals surface area contributed by atoms with Crippen LogP contribution in [-0.2, 0) is 6.42 Å². The van der Waals surface area contributed by atoms with Gasteiger partial charge in [0, 0.05) is 15.3 Å². The third-order valence-corrected chi connectivity index (χ3v) is 5.12. The van der Waals surface area contributed by atoms with E-state index in [1.165, 1.54) is 5.56 Å². The third-order valence-electron chi connectivity index (χ3n) is 3.34. The van der Waals surface area contributed by atoms with E-state index in [-0.39, 0.29) is 0 Å². The smallest absolute Gasteiger partial charge is 0.0453 e. The number of benzene rings is 1. The zero-order valence-electron chi connectivity index (χ0n) is 10.0. The first-order chi connectivity index (χ1) is 8.11. The number of rotatable bonds is 3.